The van der Waals surface area contributed by atoms with Crippen molar-refractivity contribution in [2.45, 2.75) is 33.3 Å². The number of piperazine rings is 1. The van der Waals surface area contributed by atoms with Crippen molar-refractivity contribution in [3.05, 3.63) is 33.9 Å². The van der Waals surface area contributed by atoms with Gasteiger partial charge in [-0.05, 0) is 39.3 Å². The van der Waals surface area contributed by atoms with Gasteiger partial charge < -0.3 is 15.0 Å². The zero-order valence-corrected chi connectivity index (χ0v) is 14.2. The molecule has 0 saturated carbocycles. The van der Waals surface area contributed by atoms with Gasteiger partial charge in [0.2, 0.25) is 0 Å². The van der Waals surface area contributed by atoms with Crippen molar-refractivity contribution < 1.29 is 14.5 Å². The molecule has 1 fully saturated rings. The summed E-state index contributed by atoms with van der Waals surface area (Å²) < 4.78 is 4.55. The first-order valence-electron chi connectivity index (χ1n) is 7.57. The molecule has 0 atom stereocenters. The van der Waals surface area contributed by atoms with Crippen LogP contribution in [0.25, 0.3) is 0 Å². The second-order valence-electron chi connectivity index (χ2n) is 6.29. The molecule has 23 heavy (non-hydrogen) atoms. The molecule has 1 aliphatic heterocycles. The maximum absolute atomic E-state index is 10.6. The number of carbonyl (C=O) groups excluding carboxylic acids is 1. The Kier molecular flexibility index (Phi) is 6.96. The summed E-state index contributed by atoms with van der Waals surface area (Å²) in [6, 6.07) is 5.06. The van der Waals surface area contributed by atoms with E-state index in [0.29, 0.717) is 6.47 Å². The number of benzene rings is 1. The van der Waals surface area contributed by atoms with Gasteiger partial charge in [0, 0.05) is 44.0 Å². The fourth-order valence-electron chi connectivity index (χ4n) is 2.16. The number of ether oxygens (including phenoxy) is 1. The van der Waals surface area contributed by atoms with Crippen molar-refractivity contribution in [2.24, 2.45) is 0 Å². The summed E-state index contributed by atoms with van der Waals surface area (Å²) in [6.07, 6.45) is 0. The van der Waals surface area contributed by atoms with Gasteiger partial charge in [-0.2, -0.15) is 0 Å². The van der Waals surface area contributed by atoms with Gasteiger partial charge >= 0.3 is 0 Å². The Hall–Kier alpha value is -2.15. The molecule has 0 aliphatic carbocycles. The van der Waals surface area contributed by atoms with Gasteiger partial charge in [-0.1, -0.05) is 0 Å². The lowest BCUT2D eigenvalue weighted by Gasteiger charge is -2.30. The molecule has 7 heteroatoms. The van der Waals surface area contributed by atoms with Crippen LogP contribution in [0, 0.1) is 17.0 Å². The first-order valence-corrected chi connectivity index (χ1v) is 7.57. The van der Waals surface area contributed by atoms with E-state index in [4.69, 9.17) is 0 Å². The molecule has 1 N–H and O–H groups in total. The van der Waals surface area contributed by atoms with Crippen LogP contribution in [0.5, 0.6) is 0 Å². The monoisotopic (exact) mass is 323 g/mol. The van der Waals surface area contributed by atoms with E-state index in [-0.39, 0.29) is 16.2 Å². The number of anilines is 1. The van der Waals surface area contributed by atoms with E-state index in [1.54, 1.807) is 12.1 Å². The number of rotatable bonds is 3. The second kappa shape index (κ2) is 8.47. The third-order valence-corrected chi connectivity index (χ3v) is 3.25. The zero-order chi connectivity index (χ0) is 17.5. The highest BCUT2D eigenvalue weighted by molar-refractivity contribution is 5.57. The molecule has 0 aromatic heterocycles. The van der Waals surface area contributed by atoms with Gasteiger partial charge in [0.15, 0.2) is 0 Å². The molecular weight excluding hydrogens is 298 g/mol. The van der Waals surface area contributed by atoms with Gasteiger partial charge in [-0.15, -0.1) is 0 Å². The number of aryl methyl sites for hydroxylation is 1. The Morgan fingerprint density at radius 1 is 1.30 bits per heavy atom. The number of hydrogen-bond acceptors (Lipinski definition) is 6. The van der Waals surface area contributed by atoms with Gasteiger partial charge in [-0.25, -0.2) is 0 Å². The van der Waals surface area contributed by atoms with Gasteiger partial charge in [0.1, 0.15) is 5.60 Å². The average molecular weight is 323 g/mol. The first-order chi connectivity index (χ1) is 10.7. The molecule has 0 unspecified atom stereocenters. The van der Waals surface area contributed by atoms with E-state index in [2.05, 4.69) is 15.0 Å². The van der Waals surface area contributed by atoms with Crippen LogP contribution in [-0.2, 0) is 9.53 Å². The standard InChI is InChI=1S/C11H15N3O2.C5H10O2/c1-9-8-10(14(15)16)2-3-11(9)13-6-4-12-5-7-13;1-5(2,3)7-4-6/h2-3,8,12H,4-7H2,1H3;4H,1-3H3. The van der Waals surface area contributed by atoms with Crippen LogP contribution in [0.3, 0.4) is 0 Å². The number of non-ortho nitro benzene ring substituents is 1. The second-order valence-corrected chi connectivity index (χ2v) is 6.29. The zero-order valence-electron chi connectivity index (χ0n) is 14.2. The smallest absolute Gasteiger partial charge is 0.293 e. The van der Waals surface area contributed by atoms with E-state index in [1.165, 1.54) is 0 Å². The fraction of sp³-hybridized carbons (Fsp3) is 0.562. The summed E-state index contributed by atoms with van der Waals surface area (Å²) >= 11 is 0. The maximum Gasteiger partial charge on any atom is 0.293 e. The SMILES string of the molecule is CC(C)(C)OC=O.Cc1cc([N+](=O)[O-])ccc1N1CCNCC1. The molecule has 0 bridgehead atoms. The lowest BCUT2D eigenvalue weighted by molar-refractivity contribution is -0.384. The third-order valence-electron chi connectivity index (χ3n) is 3.25. The number of nitrogens with zero attached hydrogens (tertiary/aromatic N) is 2. The predicted molar refractivity (Wildman–Crippen MR) is 89.8 cm³/mol. The summed E-state index contributed by atoms with van der Waals surface area (Å²) in [5, 5.41) is 13.9. The van der Waals surface area contributed by atoms with Crippen LogP contribution < -0.4 is 10.2 Å². The molecule has 1 aromatic rings. The molecule has 2 rings (SSSR count). The van der Waals surface area contributed by atoms with E-state index in [1.807, 2.05) is 33.8 Å². The minimum Gasteiger partial charge on any atom is -0.462 e. The third kappa shape index (κ3) is 6.65. The molecule has 0 amide bonds. The maximum atomic E-state index is 10.6. The lowest BCUT2D eigenvalue weighted by atomic mass is 10.1. The highest BCUT2D eigenvalue weighted by Gasteiger charge is 2.15. The van der Waals surface area contributed by atoms with Crippen molar-refractivity contribution in [3.63, 3.8) is 0 Å². The average Bonchev–Trinajstić information content (AvgIpc) is 2.47. The summed E-state index contributed by atoms with van der Waals surface area (Å²) in [7, 11) is 0. The number of hydrogen-bond donors (Lipinski definition) is 1. The molecule has 0 radical (unpaired) electrons. The molecule has 1 heterocycles. The van der Waals surface area contributed by atoms with Crippen molar-refractivity contribution in [1.29, 1.82) is 0 Å². The van der Waals surface area contributed by atoms with Crippen molar-refractivity contribution in [1.82, 2.24) is 5.32 Å². The minimum absolute atomic E-state index is 0.163. The van der Waals surface area contributed by atoms with E-state index in [9.17, 15) is 14.9 Å². The summed E-state index contributed by atoms with van der Waals surface area (Å²) in [6.45, 7) is 11.7. The van der Waals surface area contributed by atoms with Crippen molar-refractivity contribution in [3.8, 4) is 0 Å². The Morgan fingerprint density at radius 2 is 1.91 bits per heavy atom. The van der Waals surface area contributed by atoms with Gasteiger partial charge in [0.05, 0.1) is 4.92 Å². The van der Waals surface area contributed by atoms with Crippen molar-refractivity contribution in [2.75, 3.05) is 31.1 Å². The first kappa shape index (κ1) is 18.9. The Morgan fingerprint density at radius 3 is 2.30 bits per heavy atom. The summed E-state index contributed by atoms with van der Waals surface area (Å²) in [4.78, 5) is 22.1. The number of nitro groups is 1. The summed E-state index contributed by atoms with van der Waals surface area (Å²) in [5.41, 5.74) is 1.92. The van der Waals surface area contributed by atoms with Gasteiger partial charge in [0.25, 0.3) is 12.2 Å². The van der Waals surface area contributed by atoms with Crippen LogP contribution in [0.15, 0.2) is 18.2 Å². The van der Waals surface area contributed by atoms with Crippen LogP contribution in [-0.4, -0.2) is 43.2 Å². The van der Waals surface area contributed by atoms with E-state index in [0.717, 1.165) is 37.4 Å². The van der Waals surface area contributed by atoms with Crippen molar-refractivity contribution >= 4 is 17.8 Å². The number of carbonyl (C=O) groups is 1. The topological polar surface area (TPSA) is 84.7 Å². The van der Waals surface area contributed by atoms with Crippen LogP contribution >= 0.6 is 0 Å². The highest BCUT2D eigenvalue weighted by atomic mass is 16.6. The molecule has 1 saturated heterocycles. The normalized spacial score (nSPS) is 14.5. The van der Waals surface area contributed by atoms with E-state index >= 15 is 0 Å². The Balaban J connectivity index is 0.000000322. The number of nitro benzene ring substituents is 1. The quantitative estimate of drug-likeness (QED) is 0.522. The molecule has 1 aromatic carbocycles. The highest BCUT2D eigenvalue weighted by Crippen LogP contribution is 2.24. The van der Waals surface area contributed by atoms with Crippen LogP contribution in [0.4, 0.5) is 11.4 Å². The van der Waals surface area contributed by atoms with Crippen LogP contribution in [0.2, 0.25) is 0 Å². The Bertz CT molecular complexity index is 535. The summed E-state index contributed by atoms with van der Waals surface area (Å²) in [5.74, 6) is 0. The van der Waals surface area contributed by atoms with Gasteiger partial charge in [-0.3, -0.25) is 14.9 Å². The molecule has 1 aliphatic rings. The molecule has 128 valence electrons. The molecule has 0 spiro atoms. The van der Waals surface area contributed by atoms with Crippen LogP contribution in [0.1, 0.15) is 26.3 Å². The number of nitrogens with one attached hydrogen (secondary N) is 1. The fourth-order valence-corrected chi connectivity index (χ4v) is 2.16. The van der Waals surface area contributed by atoms with E-state index < -0.39 is 0 Å². The molecule has 7 nitrogen and oxygen atoms in total. The predicted octanol–water partition coefficient (Wildman–Crippen LogP) is 2.27. The lowest BCUT2D eigenvalue weighted by Crippen LogP contribution is -2.43. The largest absolute Gasteiger partial charge is 0.462 e. The minimum atomic E-state index is -0.353. The molecular formula is C16H25N3O4. The Labute approximate surface area is 136 Å².